The van der Waals surface area contributed by atoms with Gasteiger partial charge in [0.15, 0.2) is 0 Å². The molecule has 0 aliphatic heterocycles. The van der Waals surface area contributed by atoms with Gasteiger partial charge in [-0.3, -0.25) is 0 Å². The Hall–Kier alpha value is -0.550. The smallest absolute Gasteiger partial charge is 0.148 e. The van der Waals surface area contributed by atoms with Crippen molar-refractivity contribution in [3.8, 4) is 6.07 Å². The molecule has 0 aliphatic carbocycles. The van der Waals surface area contributed by atoms with E-state index in [2.05, 4.69) is 27.7 Å². The number of nitrogens with zero attached hydrogens (tertiary/aromatic N) is 1. The molecule has 0 aromatic heterocycles. The lowest BCUT2D eigenvalue weighted by Gasteiger charge is -2.17. The summed E-state index contributed by atoms with van der Waals surface area (Å²) >= 11 is 0. The molecule has 1 N–H and O–H groups in total. The van der Waals surface area contributed by atoms with E-state index in [1.165, 1.54) is 38.5 Å². The van der Waals surface area contributed by atoms with Crippen molar-refractivity contribution in [3.05, 3.63) is 0 Å². The van der Waals surface area contributed by atoms with Crippen molar-refractivity contribution in [2.24, 2.45) is 17.8 Å². The first kappa shape index (κ1) is 20.5. The zero-order valence-corrected chi connectivity index (χ0v) is 15.0. The molecule has 3 atom stereocenters. The van der Waals surface area contributed by atoms with Crippen LogP contribution in [0.2, 0.25) is 0 Å². The van der Waals surface area contributed by atoms with Crippen molar-refractivity contribution in [2.45, 2.75) is 98.0 Å². The minimum absolute atomic E-state index is 0.597. The Bertz CT molecular complexity index is 290. The molecule has 0 aliphatic rings. The highest BCUT2D eigenvalue weighted by Crippen LogP contribution is 2.22. The summed E-state index contributed by atoms with van der Waals surface area (Å²) in [5, 5.41) is 18.4. The predicted molar refractivity (Wildman–Crippen MR) is 91.0 cm³/mol. The Morgan fingerprint density at radius 2 is 1.29 bits per heavy atom. The summed E-state index contributed by atoms with van der Waals surface area (Å²) in [7, 11) is 0. The largest absolute Gasteiger partial charge is 0.376 e. The van der Waals surface area contributed by atoms with Gasteiger partial charge in [-0.2, -0.15) is 5.26 Å². The second-order valence-electron chi connectivity index (χ2n) is 7.74. The molecular weight excluding hydrogens is 258 g/mol. The van der Waals surface area contributed by atoms with Crippen LogP contribution in [0, 0.1) is 29.1 Å². The van der Waals surface area contributed by atoms with E-state index in [-0.39, 0.29) is 0 Å². The van der Waals surface area contributed by atoms with E-state index in [1.807, 2.05) is 6.07 Å². The molecule has 0 amide bonds. The van der Waals surface area contributed by atoms with Crippen molar-refractivity contribution in [1.82, 2.24) is 0 Å². The van der Waals surface area contributed by atoms with Crippen LogP contribution in [0.25, 0.3) is 0 Å². The molecule has 124 valence electrons. The van der Waals surface area contributed by atoms with Crippen LogP contribution in [0.15, 0.2) is 0 Å². The molecule has 0 heterocycles. The Morgan fingerprint density at radius 3 is 1.71 bits per heavy atom. The first-order valence-corrected chi connectivity index (χ1v) is 8.90. The van der Waals surface area contributed by atoms with Crippen LogP contribution in [0.5, 0.6) is 0 Å². The molecular formula is C19H37NO. The molecule has 2 heteroatoms. The average Bonchev–Trinajstić information content (AvgIpc) is 2.38. The van der Waals surface area contributed by atoms with E-state index >= 15 is 0 Å². The summed E-state index contributed by atoms with van der Waals surface area (Å²) in [5.74, 6) is 2.40. The summed E-state index contributed by atoms with van der Waals surface area (Å²) in [4.78, 5) is 0. The van der Waals surface area contributed by atoms with Crippen LogP contribution >= 0.6 is 0 Å². The second kappa shape index (κ2) is 11.1. The Morgan fingerprint density at radius 1 is 0.857 bits per heavy atom. The van der Waals surface area contributed by atoms with Crippen molar-refractivity contribution in [3.63, 3.8) is 0 Å². The van der Waals surface area contributed by atoms with Gasteiger partial charge in [0.2, 0.25) is 0 Å². The SMILES string of the molecule is CC(C)CCC[C@@H](C)CCC[C@@H](C)CCC[C@](C)(O)C#N. The molecule has 0 spiro atoms. The first-order valence-electron chi connectivity index (χ1n) is 8.90. The maximum atomic E-state index is 9.65. The lowest BCUT2D eigenvalue weighted by molar-refractivity contribution is 0.105. The van der Waals surface area contributed by atoms with Gasteiger partial charge in [-0.05, 0) is 37.5 Å². The molecule has 0 saturated carbocycles. The summed E-state index contributed by atoms with van der Waals surface area (Å²) in [6.07, 6.45) is 10.7. The monoisotopic (exact) mass is 295 g/mol. The topological polar surface area (TPSA) is 44.0 Å². The van der Waals surface area contributed by atoms with E-state index in [9.17, 15) is 5.11 Å². The van der Waals surface area contributed by atoms with Gasteiger partial charge in [0.1, 0.15) is 5.60 Å². The third-order valence-electron chi connectivity index (χ3n) is 4.47. The number of nitriles is 1. The summed E-state index contributed by atoms with van der Waals surface area (Å²) < 4.78 is 0. The molecule has 0 unspecified atom stereocenters. The normalized spacial score (nSPS) is 17.2. The van der Waals surface area contributed by atoms with E-state index in [1.54, 1.807) is 6.92 Å². The third-order valence-corrected chi connectivity index (χ3v) is 4.47. The fourth-order valence-electron chi connectivity index (χ4n) is 2.83. The van der Waals surface area contributed by atoms with E-state index in [4.69, 9.17) is 5.26 Å². The van der Waals surface area contributed by atoms with Crippen molar-refractivity contribution in [1.29, 1.82) is 5.26 Å². The van der Waals surface area contributed by atoms with E-state index in [0.29, 0.717) is 12.3 Å². The van der Waals surface area contributed by atoms with Gasteiger partial charge in [0.05, 0.1) is 6.07 Å². The van der Waals surface area contributed by atoms with Gasteiger partial charge < -0.3 is 5.11 Å². The minimum Gasteiger partial charge on any atom is -0.376 e. The summed E-state index contributed by atoms with van der Waals surface area (Å²) in [6, 6.07) is 1.96. The summed E-state index contributed by atoms with van der Waals surface area (Å²) in [6.45, 7) is 10.9. The predicted octanol–water partition coefficient (Wildman–Crippen LogP) is 5.70. The number of hydrogen-bond acceptors (Lipinski definition) is 2. The maximum absolute atomic E-state index is 9.65. The highest BCUT2D eigenvalue weighted by atomic mass is 16.3. The zero-order chi connectivity index (χ0) is 16.3. The van der Waals surface area contributed by atoms with Crippen LogP contribution in [0.3, 0.4) is 0 Å². The first-order chi connectivity index (χ1) is 9.76. The molecule has 0 aromatic carbocycles. The molecule has 0 saturated heterocycles. The van der Waals surface area contributed by atoms with Crippen LogP contribution < -0.4 is 0 Å². The fourth-order valence-corrected chi connectivity index (χ4v) is 2.83. The highest BCUT2D eigenvalue weighted by Gasteiger charge is 2.18. The Kier molecular flexibility index (Phi) is 10.8. The highest BCUT2D eigenvalue weighted by molar-refractivity contribution is 4.95. The molecule has 21 heavy (non-hydrogen) atoms. The molecule has 2 nitrogen and oxygen atoms in total. The van der Waals surface area contributed by atoms with Crippen LogP contribution in [0.1, 0.15) is 92.4 Å². The fraction of sp³-hybridized carbons (Fsp3) is 0.947. The van der Waals surface area contributed by atoms with Gasteiger partial charge in [0, 0.05) is 0 Å². The molecule has 0 fully saturated rings. The number of aliphatic hydroxyl groups is 1. The standard InChI is InChI=1S/C19H37NO/c1-16(2)9-6-10-17(3)11-7-12-18(4)13-8-14-19(5,21)15-20/h16-18,21H,6-14H2,1-5H3/t17-,18-,19+/m1/s1. The van der Waals surface area contributed by atoms with E-state index < -0.39 is 5.60 Å². The van der Waals surface area contributed by atoms with Crippen LogP contribution in [-0.4, -0.2) is 10.7 Å². The van der Waals surface area contributed by atoms with Gasteiger partial charge in [-0.25, -0.2) is 0 Å². The van der Waals surface area contributed by atoms with Crippen molar-refractivity contribution in [2.75, 3.05) is 0 Å². The van der Waals surface area contributed by atoms with Gasteiger partial charge in [0.25, 0.3) is 0 Å². The van der Waals surface area contributed by atoms with Gasteiger partial charge in [-0.15, -0.1) is 0 Å². The van der Waals surface area contributed by atoms with Crippen molar-refractivity contribution < 1.29 is 5.11 Å². The minimum atomic E-state index is -1.13. The molecule has 0 radical (unpaired) electrons. The molecule has 0 bridgehead atoms. The Labute approximate surface area is 132 Å². The average molecular weight is 296 g/mol. The van der Waals surface area contributed by atoms with Crippen LogP contribution in [-0.2, 0) is 0 Å². The van der Waals surface area contributed by atoms with Crippen molar-refractivity contribution >= 4 is 0 Å². The maximum Gasteiger partial charge on any atom is 0.148 e. The second-order valence-corrected chi connectivity index (χ2v) is 7.74. The van der Waals surface area contributed by atoms with Crippen LogP contribution in [0.4, 0.5) is 0 Å². The number of rotatable bonds is 12. The Balaban J connectivity index is 3.57. The van der Waals surface area contributed by atoms with Gasteiger partial charge >= 0.3 is 0 Å². The van der Waals surface area contributed by atoms with Gasteiger partial charge in [-0.1, -0.05) is 72.6 Å². The lowest BCUT2D eigenvalue weighted by Crippen LogP contribution is -2.20. The third kappa shape index (κ3) is 12.9. The molecule has 0 rings (SSSR count). The quantitative estimate of drug-likeness (QED) is 0.469. The number of hydrogen-bond donors (Lipinski definition) is 1. The molecule has 0 aromatic rings. The van der Waals surface area contributed by atoms with E-state index in [0.717, 1.165) is 24.7 Å². The summed E-state index contributed by atoms with van der Waals surface area (Å²) in [5.41, 5.74) is -1.13. The zero-order valence-electron chi connectivity index (χ0n) is 15.0. The lowest BCUT2D eigenvalue weighted by atomic mass is 9.90.